The predicted molar refractivity (Wildman–Crippen MR) is 96.8 cm³/mol. The van der Waals surface area contributed by atoms with Gasteiger partial charge in [-0.05, 0) is 37.1 Å². The summed E-state index contributed by atoms with van der Waals surface area (Å²) in [5.41, 5.74) is 4.47. The van der Waals surface area contributed by atoms with Gasteiger partial charge in [-0.3, -0.25) is 9.48 Å². The van der Waals surface area contributed by atoms with Crippen molar-refractivity contribution in [1.29, 1.82) is 0 Å². The Balaban J connectivity index is 1.50. The SMILES string of the molecule is O=C(c1ccc2ncsc2c1)N1CCCC(c2ccn(CCO)n2)C1. The molecular formula is C18H20N4O2S. The Morgan fingerprint density at radius 3 is 3.16 bits per heavy atom. The average Bonchev–Trinajstić information content (AvgIpc) is 3.30. The molecule has 3 aromatic rings. The van der Waals surface area contributed by atoms with Gasteiger partial charge in [-0.2, -0.15) is 5.10 Å². The first-order valence-electron chi connectivity index (χ1n) is 8.51. The van der Waals surface area contributed by atoms with Gasteiger partial charge in [0.15, 0.2) is 0 Å². The second kappa shape index (κ2) is 6.93. The standard InChI is InChI=1S/C18H20N4O2S/c23-9-8-22-7-5-15(20-22)14-2-1-6-21(11-14)18(24)13-3-4-16-17(10-13)25-12-19-16/h3-5,7,10,12,14,23H,1-2,6,8-9,11H2. The molecule has 1 aliphatic heterocycles. The minimum absolute atomic E-state index is 0.0785. The predicted octanol–water partition coefficient (Wildman–Crippen LogP) is 2.50. The number of thiazole rings is 1. The van der Waals surface area contributed by atoms with Crippen LogP contribution in [0.25, 0.3) is 10.2 Å². The Kier molecular flexibility index (Phi) is 4.50. The number of hydrogen-bond donors (Lipinski definition) is 1. The van der Waals surface area contributed by atoms with Crippen LogP contribution < -0.4 is 0 Å². The Morgan fingerprint density at radius 1 is 1.36 bits per heavy atom. The summed E-state index contributed by atoms with van der Waals surface area (Å²) in [4.78, 5) is 19.1. The van der Waals surface area contributed by atoms with E-state index < -0.39 is 0 Å². The van der Waals surface area contributed by atoms with Crippen LogP contribution in [-0.2, 0) is 6.54 Å². The lowest BCUT2D eigenvalue weighted by atomic mass is 9.94. The van der Waals surface area contributed by atoms with Crippen LogP contribution >= 0.6 is 11.3 Å². The van der Waals surface area contributed by atoms with Crippen LogP contribution in [0.2, 0.25) is 0 Å². The smallest absolute Gasteiger partial charge is 0.253 e. The van der Waals surface area contributed by atoms with E-state index in [9.17, 15) is 4.79 Å². The van der Waals surface area contributed by atoms with Crippen LogP contribution in [0.3, 0.4) is 0 Å². The van der Waals surface area contributed by atoms with Crippen molar-refractivity contribution in [1.82, 2.24) is 19.7 Å². The van der Waals surface area contributed by atoms with E-state index in [0.29, 0.717) is 13.1 Å². The van der Waals surface area contributed by atoms with E-state index in [-0.39, 0.29) is 18.4 Å². The number of piperidine rings is 1. The molecule has 1 fully saturated rings. The van der Waals surface area contributed by atoms with Crippen molar-refractivity contribution >= 4 is 27.5 Å². The van der Waals surface area contributed by atoms with Crippen molar-refractivity contribution in [3.05, 3.63) is 47.2 Å². The fourth-order valence-electron chi connectivity index (χ4n) is 3.40. The lowest BCUT2D eigenvalue weighted by molar-refractivity contribution is 0.0706. The van der Waals surface area contributed by atoms with E-state index in [1.54, 1.807) is 21.5 Å². The first-order valence-corrected chi connectivity index (χ1v) is 9.39. The van der Waals surface area contributed by atoms with Gasteiger partial charge in [0.2, 0.25) is 0 Å². The number of carbonyl (C=O) groups excluding carboxylic acids is 1. The molecule has 3 heterocycles. The van der Waals surface area contributed by atoms with Gasteiger partial charge in [0.25, 0.3) is 5.91 Å². The van der Waals surface area contributed by atoms with Gasteiger partial charge < -0.3 is 10.0 Å². The molecule has 7 heteroatoms. The summed E-state index contributed by atoms with van der Waals surface area (Å²) in [6, 6.07) is 7.72. The number of likely N-dealkylation sites (tertiary alicyclic amines) is 1. The molecule has 4 rings (SSSR count). The minimum Gasteiger partial charge on any atom is -0.394 e. The van der Waals surface area contributed by atoms with Gasteiger partial charge in [0.05, 0.1) is 34.6 Å². The van der Waals surface area contributed by atoms with Crippen LogP contribution in [0.1, 0.15) is 34.8 Å². The highest BCUT2D eigenvalue weighted by Crippen LogP contribution is 2.27. The zero-order valence-corrected chi connectivity index (χ0v) is 14.7. The topological polar surface area (TPSA) is 71.2 Å². The molecular weight excluding hydrogens is 336 g/mol. The number of benzene rings is 1. The van der Waals surface area contributed by atoms with Gasteiger partial charge in [-0.1, -0.05) is 0 Å². The number of aliphatic hydroxyl groups excluding tert-OH is 1. The summed E-state index contributed by atoms with van der Waals surface area (Å²) in [6.07, 6.45) is 3.91. The van der Waals surface area contributed by atoms with Crippen LogP contribution in [-0.4, -0.2) is 50.4 Å². The second-order valence-corrected chi connectivity index (χ2v) is 7.24. The minimum atomic E-state index is 0.0785. The van der Waals surface area contributed by atoms with E-state index in [0.717, 1.165) is 40.9 Å². The third-order valence-corrected chi connectivity index (χ3v) is 5.49. The molecule has 0 bridgehead atoms. The number of fused-ring (bicyclic) bond motifs is 1. The van der Waals surface area contributed by atoms with E-state index in [4.69, 9.17) is 5.11 Å². The Labute approximate surface area is 149 Å². The maximum Gasteiger partial charge on any atom is 0.253 e. The molecule has 1 saturated heterocycles. The first kappa shape index (κ1) is 16.2. The molecule has 1 aromatic carbocycles. The van der Waals surface area contributed by atoms with Crippen molar-refractivity contribution in [3.8, 4) is 0 Å². The number of nitrogens with zero attached hydrogens (tertiary/aromatic N) is 4. The van der Waals surface area contributed by atoms with Crippen LogP contribution in [0, 0.1) is 0 Å². The van der Waals surface area contributed by atoms with Crippen molar-refractivity contribution in [2.45, 2.75) is 25.3 Å². The zero-order chi connectivity index (χ0) is 17.2. The molecule has 1 amide bonds. The van der Waals surface area contributed by atoms with Gasteiger partial charge in [0, 0.05) is 30.8 Å². The fourth-order valence-corrected chi connectivity index (χ4v) is 4.11. The molecule has 25 heavy (non-hydrogen) atoms. The van der Waals surface area contributed by atoms with Crippen LogP contribution in [0.4, 0.5) is 0 Å². The van der Waals surface area contributed by atoms with Gasteiger partial charge >= 0.3 is 0 Å². The van der Waals surface area contributed by atoms with E-state index in [2.05, 4.69) is 10.1 Å². The lowest BCUT2D eigenvalue weighted by Gasteiger charge is -2.32. The maximum absolute atomic E-state index is 12.9. The van der Waals surface area contributed by atoms with Crippen molar-refractivity contribution in [2.75, 3.05) is 19.7 Å². The van der Waals surface area contributed by atoms with Gasteiger partial charge in [-0.25, -0.2) is 4.98 Å². The summed E-state index contributed by atoms with van der Waals surface area (Å²) >= 11 is 1.56. The quantitative estimate of drug-likeness (QED) is 0.780. The normalized spacial score (nSPS) is 18.0. The van der Waals surface area contributed by atoms with E-state index >= 15 is 0 Å². The summed E-state index contributed by atoms with van der Waals surface area (Å²) < 4.78 is 2.80. The molecule has 1 unspecified atom stereocenters. The molecule has 0 saturated carbocycles. The Bertz CT molecular complexity index is 888. The number of aromatic nitrogens is 3. The van der Waals surface area contributed by atoms with Crippen molar-refractivity contribution in [3.63, 3.8) is 0 Å². The van der Waals surface area contributed by atoms with Crippen LogP contribution in [0.15, 0.2) is 36.0 Å². The maximum atomic E-state index is 12.9. The first-order chi connectivity index (χ1) is 12.2. The van der Waals surface area contributed by atoms with Crippen molar-refractivity contribution in [2.24, 2.45) is 0 Å². The molecule has 1 aliphatic rings. The molecule has 130 valence electrons. The summed E-state index contributed by atoms with van der Waals surface area (Å²) in [7, 11) is 0. The van der Waals surface area contributed by atoms with Gasteiger partial charge in [-0.15, -0.1) is 11.3 Å². The Morgan fingerprint density at radius 2 is 2.28 bits per heavy atom. The molecule has 0 spiro atoms. The third kappa shape index (κ3) is 3.29. The highest BCUT2D eigenvalue weighted by molar-refractivity contribution is 7.16. The van der Waals surface area contributed by atoms with Crippen molar-refractivity contribution < 1.29 is 9.90 Å². The van der Waals surface area contributed by atoms with Gasteiger partial charge in [0.1, 0.15) is 0 Å². The van der Waals surface area contributed by atoms with E-state index in [1.165, 1.54) is 0 Å². The molecule has 1 N–H and O–H groups in total. The number of amides is 1. The molecule has 0 aliphatic carbocycles. The highest BCUT2D eigenvalue weighted by atomic mass is 32.1. The third-order valence-electron chi connectivity index (χ3n) is 4.70. The molecule has 6 nitrogen and oxygen atoms in total. The van der Waals surface area contributed by atoms with E-state index in [1.807, 2.05) is 35.4 Å². The fraction of sp³-hybridized carbons (Fsp3) is 0.389. The number of aliphatic hydroxyl groups is 1. The second-order valence-electron chi connectivity index (χ2n) is 6.35. The zero-order valence-electron chi connectivity index (χ0n) is 13.8. The highest BCUT2D eigenvalue weighted by Gasteiger charge is 2.27. The monoisotopic (exact) mass is 356 g/mol. The Hall–Kier alpha value is -2.25. The summed E-state index contributed by atoms with van der Waals surface area (Å²) in [5.74, 6) is 0.333. The number of rotatable bonds is 4. The molecule has 1 atom stereocenters. The number of hydrogen-bond acceptors (Lipinski definition) is 5. The largest absolute Gasteiger partial charge is 0.394 e. The summed E-state index contributed by atoms with van der Waals surface area (Å²) in [6.45, 7) is 2.06. The molecule has 0 radical (unpaired) electrons. The average molecular weight is 356 g/mol. The number of carbonyl (C=O) groups is 1. The van der Waals surface area contributed by atoms with Crippen LogP contribution in [0.5, 0.6) is 0 Å². The lowest BCUT2D eigenvalue weighted by Crippen LogP contribution is -2.39. The molecule has 2 aromatic heterocycles. The summed E-state index contributed by atoms with van der Waals surface area (Å²) in [5, 5.41) is 13.6.